The molecular formula is H8AlCl2MgO3Si. The molecule has 0 saturated heterocycles. The van der Waals surface area contributed by atoms with Gasteiger partial charge >= 0.3 is 31.3 Å². The summed E-state index contributed by atoms with van der Waals surface area (Å²) in [5.74, 6) is 0. The molecular weight excluding hydrogens is 198 g/mol. The molecule has 0 aliphatic carbocycles. The first-order chi connectivity index (χ1) is 1.73. The predicted octanol–water partition coefficient (Wildman–Crippen LogP) is -1.84. The van der Waals surface area contributed by atoms with Gasteiger partial charge in [0, 0.05) is 0 Å². The molecule has 0 saturated carbocycles. The van der Waals surface area contributed by atoms with E-state index in [-0.39, 0.29) is 61.2 Å². The van der Waals surface area contributed by atoms with Crippen LogP contribution in [0.3, 0.4) is 0 Å². The summed E-state index contributed by atoms with van der Waals surface area (Å²) in [5, 5.41) is 0. The zero-order chi connectivity index (χ0) is 3.58. The van der Waals surface area contributed by atoms with Crippen molar-refractivity contribution >= 4 is 72.1 Å². The Hall–Kier alpha value is 1.66. The Morgan fingerprint density at radius 2 is 1.62 bits per heavy atom. The van der Waals surface area contributed by atoms with Gasteiger partial charge < -0.3 is 17.6 Å². The minimum atomic E-state index is -2.66. The van der Waals surface area contributed by atoms with Gasteiger partial charge in [0.25, 0.3) is 0 Å². The largest absolute Gasteiger partial charge is 2.00 e. The van der Waals surface area contributed by atoms with Crippen molar-refractivity contribution in [2.24, 2.45) is 0 Å². The molecule has 0 aromatic heterocycles. The quantitative estimate of drug-likeness (QED) is 0.374. The summed E-state index contributed by atoms with van der Waals surface area (Å²) in [7, 11) is -2.66. The zero-order valence-electron chi connectivity index (χ0n) is 6.35. The van der Waals surface area contributed by atoms with Gasteiger partial charge in [0.05, 0.1) is 0 Å². The summed E-state index contributed by atoms with van der Waals surface area (Å²) in [4.78, 5) is 7.37. The van der Waals surface area contributed by atoms with Crippen molar-refractivity contribution in [3.05, 3.63) is 0 Å². The third kappa shape index (κ3) is 124. The van der Waals surface area contributed by atoms with Crippen LogP contribution >= 0.6 is 23.5 Å². The fraction of sp³-hybridized carbons (Fsp3) is 0. The molecule has 0 bridgehead atoms. The van der Waals surface area contributed by atoms with Gasteiger partial charge in [0.2, 0.25) is 0 Å². The van der Waals surface area contributed by atoms with Gasteiger partial charge in [-0.25, -0.2) is 0 Å². The molecule has 0 spiro atoms. The molecule has 0 atom stereocenters. The molecule has 1 radical (unpaired) electrons. The summed E-state index contributed by atoms with van der Waals surface area (Å²) in [6, 6.07) is 0. The van der Waals surface area contributed by atoms with E-state index >= 15 is 0 Å². The molecule has 8 heteroatoms. The molecule has 0 amide bonds. The molecule has 49 valence electrons. The Labute approximate surface area is 89.3 Å². The first-order valence-electron chi connectivity index (χ1n) is 0.617. The molecule has 0 unspecified atom stereocenters. The topological polar surface area (TPSA) is 68.8 Å². The molecule has 0 heterocycles. The monoisotopic (exact) mass is 205 g/mol. The maximum Gasteiger partial charge on any atom is 2.00 e. The van der Waals surface area contributed by atoms with E-state index < -0.39 is 8.24 Å². The smallest absolute Gasteiger partial charge is 1.00 e. The Morgan fingerprint density at radius 1 is 1.62 bits per heavy atom. The van der Waals surface area contributed by atoms with Gasteiger partial charge in [0.1, 0.15) is 17.4 Å². The fourth-order valence-corrected chi connectivity index (χ4v) is 0. The van der Waals surface area contributed by atoms with Crippen LogP contribution in [0.5, 0.6) is 0 Å². The van der Waals surface area contributed by atoms with Crippen LogP contribution in [-0.2, 0) is 4.46 Å². The maximum absolute atomic E-state index is 8.95. The van der Waals surface area contributed by atoms with E-state index in [9.17, 15) is 0 Å². The molecule has 8 heavy (non-hydrogen) atoms. The van der Waals surface area contributed by atoms with Crippen LogP contribution in [0.1, 0.15) is 2.85 Å². The van der Waals surface area contributed by atoms with E-state index in [4.69, 9.17) is 9.26 Å². The zero-order valence-corrected chi connectivity index (χ0v) is 10.3. The molecule has 0 aromatic rings. The number of rotatable bonds is 0. The Kier molecular flexibility index (Phi) is 97.6. The molecule has 0 rings (SSSR count). The number of halogens is 2. The summed E-state index contributed by atoms with van der Waals surface area (Å²) >= 11 is 4.38. The van der Waals surface area contributed by atoms with Gasteiger partial charge in [-0.1, -0.05) is 0 Å². The van der Waals surface area contributed by atoms with Crippen molar-refractivity contribution in [2.45, 2.75) is 0 Å². The Morgan fingerprint density at radius 3 is 1.62 bits per heavy atom. The molecule has 3 N–H and O–H groups in total. The number of hydrogen-bond acceptors (Lipinski definition) is 1. The maximum atomic E-state index is 8.95. The third-order valence-corrected chi connectivity index (χ3v) is 0. The van der Waals surface area contributed by atoms with Crippen molar-refractivity contribution in [2.75, 3.05) is 0 Å². The first-order valence-corrected chi connectivity index (χ1v) is 2.98. The SMILES string of the molecule is Cl.O.O=[Si](O)Cl.[AlH2].[H-].[H-].[Mg+2]. The molecule has 3 nitrogen and oxygen atoms in total. The summed E-state index contributed by atoms with van der Waals surface area (Å²) in [6.45, 7) is 0. The van der Waals surface area contributed by atoms with Gasteiger partial charge in [-0.05, 0) is 11.1 Å². The summed E-state index contributed by atoms with van der Waals surface area (Å²) < 4.78 is 8.95. The van der Waals surface area contributed by atoms with Crippen LogP contribution in [0.2, 0.25) is 0 Å². The van der Waals surface area contributed by atoms with Crippen molar-refractivity contribution in [1.29, 1.82) is 0 Å². The van der Waals surface area contributed by atoms with Gasteiger partial charge in [-0.2, -0.15) is 0 Å². The van der Waals surface area contributed by atoms with E-state index in [1.54, 1.807) is 0 Å². The van der Waals surface area contributed by atoms with E-state index in [2.05, 4.69) is 11.1 Å². The molecule has 0 fully saturated rings. The normalized spacial score (nSPS) is 3.12. The van der Waals surface area contributed by atoms with E-state index in [1.807, 2.05) is 0 Å². The van der Waals surface area contributed by atoms with Crippen molar-refractivity contribution < 1.29 is 17.6 Å². The average Bonchev–Trinajstić information content (AvgIpc) is 0.811. The summed E-state index contributed by atoms with van der Waals surface area (Å²) in [6.07, 6.45) is 0. The van der Waals surface area contributed by atoms with Crippen LogP contribution in [0.4, 0.5) is 0 Å². The second-order valence-corrected chi connectivity index (χ2v) is 1.73. The molecule has 0 aliphatic heterocycles. The van der Waals surface area contributed by atoms with Crippen molar-refractivity contribution in [3.63, 3.8) is 0 Å². The van der Waals surface area contributed by atoms with E-state index in [0.717, 1.165) is 0 Å². The minimum absolute atomic E-state index is 0. The van der Waals surface area contributed by atoms with Crippen LogP contribution in [0, 0.1) is 0 Å². The summed E-state index contributed by atoms with van der Waals surface area (Å²) in [5.41, 5.74) is 0. The Bertz CT molecular complexity index is 47.5. The second kappa shape index (κ2) is 23.4. The van der Waals surface area contributed by atoms with Crippen LogP contribution < -0.4 is 0 Å². The molecule has 0 aromatic carbocycles. The first kappa shape index (κ1) is 33.4. The second-order valence-electron chi connectivity index (χ2n) is 0.253. The van der Waals surface area contributed by atoms with Crippen LogP contribution in [-0.4, -0.2) is 58.9 Å². The van der Waals surface area contributed by atoms with Crippen molar-refractivity contribution in [1.82, 2.24) is 0 Å². The average molecular weight is 206 g/mol. The third-order valence-electron chi connectivity index (χ3n) is 0. The van der Waals surface area contributed by atoms with E-state index in [1.165, 1.54) is 0 Å². The van der Waals surface area contributed by atoms with Gasteiger partial charge in [-0.3, -0.25) is 0 Å². The Balaban J connectivity index is -0.00000000300. The molecule has 0 aliphatic rings. The van der Waals surface area contributed by atoms with Crippen LogP contribution in [0.25, 0.3) is 0 Å². The number of hydrogen-bond donors (Lipinski definition) is 1. The van der Waals surface area contributed by atoms with Gasteiger partial charge in [-0.15, -0.1) is 12.4 Å². The minimum Gasteiger partial charge on any atom is -1.00 e. The van der Waals surface area contributed by atoms with Crippen LogP contribution in [0.15, 0.2) is 0 Å². The van der Waals surface area contributed by atoms with Crippen molar-refractivity contribution in [3.8, 4) is 0 Å². The standard InChI is InChI=1S/Al.ClHO2Si.ClH.Mg.H2O.4H/c;1-4(2)3;;;;;;;/h;2H;1H;;1H2;;;;/q;;;+2;;;;2*-1. The predicted molar refractivity (Wildman–Crippen MR) is 41.9 cm³/mol. The van der Waals surface area contributed by atoms with Gasteiger partial charge in [0.15, 0.2) is 0 Å². The fourth-order valence-electron chi connectivity index (χ4n) is 0. The van der Waals surface area contributed by atoms with E-state index in [0.29, 0.717) is 0 Å².